The Bertz CT molecular complexity index is 1030. The van der Waals surface area contributed by atoms with Gasteiger partial charge >= 0.3 is 0 Å². The van der Waals surface area contributed by atoms with Gasteiger partial charge < -0.3 is 14.4 Å². The zero-order valence-corrected chi connectivity index (χ0v) is 14.3. The third-order valence-corrected chi connectivity index (χ3v) is 5.06. The van der Waals surface area contributed by atoms with E-state index < -0.39 is 0 Å². The second-order valence-corrected chi connectivity index (χ2v) is 6.64. The fraction of sp³-hybridized carbons (Fsp3) is 0.300. The minimum Gasteiger partial charge on any atom is -0.486 e. The highest BCUT2D eigenvalue weighted by Crippen LogP contribution is 2.39. The zero-order valence-electron chi connectivity index (χ0n) is 14.3. The smallest absolute Gasteiger partial charge is 0.259 e. The van der Waals surface area contributed by atoms with Crippen LogP contribution in [0.2, 0.25) is 0 Å². The summed E-state index contributed by atoms with van der Waals surface area (Å²) in [7, 11) is 0. The van der Waals surface area contributed by atoms with Crippen LogP contribution in [0.4, 0.5) is 5.82 Å². The monoisotopic (exact) mass is 349 g/mol. The summed E-state index contributed by atoms with van der Waals surface area (Å²) in [6, 6.07) is 13.5. The highest BCUT2D eigenvalue weighted by atomic mass is 16.6. The SMILES string of the molecule is O=c1cc(N2CCC[C@H]2c2ccc3c(c2)OCCO3)nc2ccccn12. The molecule has 0 bridgehead atoms. The molecule has 0 radical (unpaired) electrons. The Hall–Kier alpha value is -3.02. The van der Waals surface area contributed by atoms with Gasteiger partial charge in [0, 0.05) is 18.8 Å². The molecule has 1 aromatic carbocycles. The maximum Gasteiger partial charge on any atom is 0.259 e. The molecule has 3 aromatic rings. The summed E-state index contributed by atoms with van der Waals surface area (Å²) < 4.78 is 12.9. The molecule has 0 spiro atoms. The van der Waals surface area contributed by atoms with Crippen LogP contribution in [-0.4, -0.2) is 29.1 Å². The lowest BCUT2D eigenvalue weighted by Crippen LogP contribution is -2.26. The van der Waals surface area contributed by atoms with E-state index in [0.717, 1.165) is 36.7 Å². The average molecular weight is 349 g/mol. The first-order chi connectivity index (χ1) is 12.8. The molecular weight excluding hydrogens is 330 g/mol. The first-order valence-electron chi connectivity index (χ1n) is 8.94. The van der Waals surface area contributed by atoms with Crippen LogP contribution < -0.4 is 19.9 Å². The Morgan fingerprint density at radius 3 is 2.85 bits per heavy atom. The summed E-state index contributed by atoms with van der Waals surface area (Å²) in [6.45, 7) is 2.05. The van der Waals surface area contributed by atoms with Crippen molar-refractivity contribution in [2.75, 3.05) is 24.7 Å². The summed E-state index contributed by atoms with van der Waals surface area (Å²) in [6.07, 6.45) is 3.83. The molecule has 0 N–H and O–H groups in total. The van der Waals surface area contributed by atoms with E-state index in [1.165, 1.54) is 5.56 Å². The first kappa shape index (κ1) is 15.3. The van der Waals surface area contributed by atoms with Gasteiger partial charge in [-0.2, -0.15) is 0 Å². The predicted octanol–water partition coefficient (Wildman–Crippen LogP) is 2.81. The van der Waals surface area contributed by atoms with E-state index in [2.05, 4.69) is 17.0 Å². The van der Waals surface area contributed by atoms with Gasteiger partial charge in [0.05, 0.1) is 6.04 Å². The fourth-order valence-corrected chi connectivity index (χ4v) is 3.84. The van der Waals surface area contributed by atoms with E-state index in [4.69, 9.17) is 14.5 Å². The number of aromatic nitrogens is 2. The van der Waals surface area contributed by atoms with Crippen molar-refractivity contribution in [2.24, 2.45) is 0 Å². The molecule has 0 saturated carbocycles. The standard InChI is InChI=1S/C20H19N3O3/c24-20-13-19(21-18-5-1-2-8-23(18)20)22-9-3-4-15(22)14-6-7-16-17(12-14)26-11-10-25-16/h1-2,5-8,12-13,15H,3-4,9-11H2/t15-/m0/s1. The Morgan fingerprint density at radius 2 is 1.92 bits per heavy atom. The van der Waals surface area contributed by atoms with Crippen LogP contribution in [0.15, 0.2) is 53.5 Å². The van der Waals surface area contributed by atoms with Crippen molar-refractivity contribution >= 4 is 11.5 Å². The minimum atomic E-state index is -0.0570. The molecule has 2 aliphatic rings. The highest BCUT2D eigenvalue weighted by molar-refractivity contribution is 5.52. The van der Waals surface area contributed by atoms with E-state index in [0.29, 0.717) is 18.9 Å². The average Bonchev–Trinajstić information content (AvgIpc) is 3.17. The Kier molecular flexibility index (Phi) is 3.55. The van der Waals surface area contributed by atoms with Gasteiger partial charge in [-0.25, -0.2) is 4.98 Å². The van der Waals surface area contributed by atoms with Crippen molar-refractivity contribution in [1.82, 2.24) is 9.38 Å². The molecule has 4 heterocycles. The van der Waals surface area contributed by atoms with Crippen LogP contribution in [0.1, 0.15) is 24.4 Å². The summed E-state index contributed by atoms with van der Waals surface area (Å²) >= 11 is 0. The summed E-state index contributed by atoms with van der Waals surface area (Å²) in [5.74, 6) is 2.33. The van der Waals surface area contributed by atoms with Crippen LogP contribution in [0.25, 0.3) is 5.65 Å². The molecule has 0 aliphatic carbocycles. The van der Waals surface area contributed by atoms with Gasteiger partial charge in [0.15, 0.2) is 11.5 Å². The van der Waals surface area contributed by atoms with Crippen molar-refractivity contribution in [3.05, 3.63) is 64.6 Å². The molecule has 0 amide bonds. The van der Waals surface area contributed by atoms with Crippen molar-refractivity contribution in [3.8, 4) is 11.5 Å². The topological polar surface area (TPSA) is 56.1 Å². The molecule has 1 fully saturated rings. The van der Waals surface area contributed by atoms with Gasteiger partial charge in [0.25, 0.3) is 5.56 Å². The number of pyridine rings is 1. The second kappa shape index (κ2) is 6.05. The second-order valence-electron chi connectivity index (χ2n) is 6.64. The van der Waals surface area contributed by atoms with Crippen molar-refractivity contribution in [1.29, 1.82) is 0 Å². The Morgan fingerprint density at radius 1 is 1.04 bits per heavy atom. The van der Waals surface area contributed by atoms with Crippen LogP contribution in [0.3, 0.4) is 0 Å². The van der Waals surface area contributed by atoms with Crippen molar-refractivity contribution in [2.45, 2.75) is 18.9 Å². The largest absolute Gasteiger partial charge is 0.486 e. The third kappa shape index (κ3) is 2.49. The molecule has 2 aliphatic heterocycles. The van der Waals surface area contributed by atoms with Gasteiger partial charge in [-0.1, -0.05) is 12.1 Å². The summed E-state index contributed by atoms with van der Waals surface area (Å²) in [4.78, 5) is 19.4. The molecule has 1 saturated heterocycles. The fourth-order valence-electron chi connectivity index (χ4n) is 3.84. The van der Waals surface area contributed by atoms with Gasteiger partial charge in [0.1, 0.15) is 24.7 Å². The van der Waals surface area contributed by atoms with Gasteiger partial charge in [-0.05, 0) is 42.7 Å². The van der Waals surface area contributed by atoms with Crippen LogP contribution in [0, 0.1) is 0 Å². The lowest BCUT2D eigenvalue weighted by molar-refractivity contribution is 0.171. The summed E-state index contributed by atoms with van der Waals surface area (Å²) in [5.41, 5.74) is 1.78. The Balaban J connectivity index is 1.54. The third-order valence-electron chi connectivity index (χ3n) is 5.06. The number of rotatable bonds is 2. The van der Waals surface area contributed by atoms with Crippen LogP contribution >= 0.6 is 0 Å². The number of hydrogen-bond donors (Lipinski definition) is 0. The maximum absolute atomic E-state index is 12.5. The first-order valence-corrected chi connectivity index (χ1v) is 8.94. The van der Waals surface area contributed by atoms with E-state index in [-0.39, 0.29) is 11.6 Å². The van der Waals surface area contributed by atoms with E-state index in [1.54, 1.807) is 16.7 Å². The summed E-state index contributed by atoms with van der Waals surface area (Å²) in [5, 5.41) is 0. The molecular formula is C20H19N3O3. The number of fused-ring (bicyclic) bond motifs is 2. The molecule has 6 nitrogen and oxygen atoms in total. The zero-order chi connectivity index (χ0) is 17.5. The normalized spacial score (nSPS) is 19.1. The quantitative estimate of drug-likeness (QED) is 0.712. The Labute approximate surface area is 150 Å². The van der Waals surface area contributed by atoms with Crippen LogP contribution in [0.5, 0.6) is 11.5 Å². The minimum absolute atomic E-state index is 0.0570. The van der Waals surface area contributed by atoms with Gasteiger partial charge in [-0.3, -0.25) is 9.20 Å². The van der Waals surface area contributed by atoms with Gasteiger partial charge in [0.2, 0.25) is 0 Å². The molecule has 1 atom stereocenters. The lowest BCUT2D eigenvalue weighted by atomic mass is 10.0. The van der Waals surface area contributed by atoms with Crippen LogP contribution in [-0.2, 0) is 0 Å². The molecule has 2 aromatic heterocycles. The highest BCUT2D eigenvalue weighted by Gasteiger charge is 2.29. The van der Waals surface area contributed by atoms with E-state index in [1.807, 2.05) is 24.3 Å². The number of hydrogen-bond acceptors (Lipinski definition) is 5. The van der Waals surface area contributed by atoms with Crippen molar-refractivity contribution < 1.29 is 9.47 Å². The number of ether oxygens (including phenoxy) is 2. The molecule has 6 heteroatoms. The maximum atomic E-state index is 12.5. The molecule has 0 unspecified atom stereocenters. The van der Waals surface area contributed by atoms with Crippen molar-refractivity contribution in [3.63, 3.8) is 0 Å². The van der Waals surface area contributed by atoms with E-state index >= 15 is 0 Å². The lowest BCUT2D eigenvalue weighted by Gasteiger charge is -2.27. The van der Waals surface area contributed by atoms with E-state index in [9.17, 15) is 4.79 Å². The predicted molar refractivity (Wildman–Crippen MR) is 98.2 cm³/mol. The van der Waals surface area contributed by atoms with Gasteiger partial charge in [-0.15, -0.1) is 0 Å². The molecule has 26 heavy (non-hydrogen) atoms. The number of nitrogens with zero attached hydrogens (tertiary/aromatic N) is 3. The molecule has 5 rings (SSSR count). The number of anilines is 1. The number of benzene rings is 1. The molecule has 132 valence electrons.